The molecule has 0 amide bonds. The average Bonchev–Trinajstić information content (AvgIpc) is 2.66. The minimum Gasteiger partial charge on any atom is -0.268 e. The topological polar surface area (TPSA) is 74.5 Å². The number of hydrogen-bond acceptors (Lipinski definition) is 4. The summed E-state index contributed by atoms with van der Waals surface area (Å²) in [6, 6.07) is 2.39. The van der Waals surface area contributed by atoms with Gasteiger partial charge >= 0.3 is 5.69 Å². The molecule has 1 heterocycles. The number of rotatable bonds is 6. The number of aromatic amines is 1. The van der Waals surface area contributed by atoms with Crippen molar-refractivity contribution < 1.29 is 0 Å². The lowest BCUT2D eigenvalue weighted by Gasteiger charge is -2.14. The van der Waals surface area contributed by atoms with Crippen molar-refractivity contribution in [2.45, 2.75) is 51.7 Å². The zero-order valence-electron chi connectivity index (χ0n) is 11.4. The minimum absolute atomic E-state index is 0.106. The van der Waals surface area contributed by atoms with Crippen molar-refractivity contribution in [1.82, 2.24) is 14.8 Å². The molecule has 1 aromatic rings. The Hall–Kier alpha value is -1.22. The highest BCUT2D eigenvalue weighted by Crippen LogP contribution is 2.24. The normalized spacial score (nSPS) is 11.8. The molecular weight excluding hydrogens is 248 g/mol. The van der Waals surface area contributed by atoms with Gasteiger partial charge in [0.2, 0.25) is 0 Å². The van der Waals surface area contributed by atoms with Crippen LogP contribution in [0.2, 0.25) is 0 Å². The van der Waals surface area contributed by atoms with Gasteiger partial charge in [0.1, 0.15) is 0 Å². The van der Waals surface area contributed by atoms with E-state index in [1.165, 1.54) is 0 Å². The van der Waals surface area contributed by atoms with Crippen LogP contribution >= 0.6 is 11.8 Å². The van der Waals surface area contributed by atoms with Crippen LogP contribution in [0.25, 0.3) is 0 Å². The second-order valence-electron chi connectivity index (χ2n) is 5.22. The highest BCUT2D eigenvalue weighted by atomic mass is 32.2. The van der Waals surface area contributed by atoms with Crippen molar-refractivity contribution in [3.8, 4) is 6.07 Å². The molecule has 100 valence electrons. The summed E-state index contributed by atoms with van der Waals surface area (Å²) in [5, 5.41) is 16.1. The second kappa shape index (κ2) is 6.10. The van der Waals surface area contributed by atoms with Crippen LogP contribution in [0.3, 0.4) is 0 Å². The molecule has 0 radical (unpaired) electrons. The SMILES string of the molecule is CC(C)n1c(SCCCC(C)(C)C#N)n[nH]c1=O. The number of nitriles is 1. The van der Waals surface area contributed by atoms with Gasteiger partial charge in [0.05, 0.1) is 11.5 Å². The van der Waals surface area contributed by atoms with E-state index >= 15 is 0 Å². The van der Waals surface area contributed by atoms with Crippen LogP contribution in [0, 0.1) is 16.7 Å². The Morgan fingerprint density at radius 2 is 2.22 bits per heavy atom. The Kier molecular flexibility index (Phi) is 5.03. The lowest BCUT2D eigenvalue weighted by Crippen LogP contribution is -2.19. The molecule has 18 heavy (non-hydrogen) atoms. The Morgan fingerprint density at radius 1 is 1.56 bits per heavy atom. The lowest BCUT2D eigenvalue weighted by molar-refractivity contribution is 0.447. The molecule has 0 saturated heterocycles. The van der Waals surface area contributed by atoms with Crippen LogP contribution in [0.1, 0.15) is 46.6 Å². The molecule has 1 rings (SSSR count). The molecular formula is C12H20N4OS. The maximum Gasteiger partial charge on any atom is 0.344 e. The lowest BCUT2D eigenvalue weighted by atomic mass is 9.90. The highest BCUT2D eigenvalue weighted by Gasteiger charge is 2.16. The Bertz CT molecular complexity index is 481. The average molecular weight is 268 g/mol. The summed E-state index contributed by atoms with van der Waals surface area (Å²) in [5.74, 6) is 0.863. The van der Waals surface area contributed by atoms with E-state index in [-0.39, 0.29) is 17.1 Å². The summed E-state index contributed by atoms with van der Waals surface area (Å²) in [7, 11) is 0. The summed E-state index contributed by atoms with van der Waals surface area (Å²) < 4.78 is 1.65. The molecule has 0 aliphatic rings. The zero-order valence-corrected chi connectivity index (χ0v) is 12.2. The molecule has 0 saturated carbocycles. The van der Waals surface area contributed by atoms with Crippen molar-refractivity contribution in [2.75, 3.05) is 5.75 Å². The number of H-pyrrole nitrogens is 1. The molecule has 5 nitrogen and oxygen atoms in total. The van der Waals surface area contributed by atoms with Crippen LogP contribution in [-0.4, -0.2) is 20.5 Å². The smallest absolute Gasteiger partial charge is 0.268 e. The van der Waals surface area contributed by atoms with Crippen LogP contribution in [-0.2, 0) is 0 Å². The summed E-state index contributed by atoms with van der Waals surface area (Å²) >= 11 is 1.56. The van der Waals surface area contributed by atoms with Crippen molar-refractivity contribution >= 4 is 11.8 Å². The number of nitrogens with zero attached hydrogens (tertiary/aromatic N) is 3. The first kappa shape index (κ1) is 14.8. The first-order chi connectivity index (χ1) is 8.37. The minimum atomic E-state index is -0.274. The number of hydrogen-bond donors (Lipinski definition) is 1. The number of aromatic nitrogens is 3. The molecule has 1 N–H and O–H groups in total. The second-order valence-corrected chi connectivity index (χ2v) is 6.28. The van der Waals surface area contributed by atoms with E-state index < -0.39 is 0 Å². The third-order valence-corrected chi connectivity index (χ3v) is 3.71. The number of nitrogens with one attached hydrogen (secondary N) is 1. The van der Waals surface area contributed by atoms with E-state index in [1.807, 2.05) is 27.7 Å². The van der Waals surface area contributed by atoms with Crippen LogP contribution in [0.5, 0.6) is 0 Å². The summed E-state index contributed by atoms with van der Waals surface area (Å²) in [6.07, 6.45) is 1.79. The Balaban J connectivity index is 2.51. The molecule has 0 aliphatic carbocycles. The monoisotopic (exact) mass is 268 g/mol. The third-order valence-electron chi connectivity index (χ3n) is 2.67. The van der Waals surface area contributed by atoms with Gasteiger partial charge in [0.15, 0.2) is 5.16 Å². The first-order valence-electron chi connectivity index (χ1n) is 6.08. The van der Waals surface area contributed by atoms with Crippen molar-refractivity contribution in [1.29, 1.82) is 5.26 Å². The molecule has 0 bridgehead atoms. The van der Waals surface area contributed by atoms with E-state index in [0.717, 1.165) is 23.8 Å². The van der Waals surface area contributed by atoms with Crippen LogP contribution in [0.15, 0.2) is 9.95 Å². The van der Waals surface area contributed by atoms with Gasteiger partial charge in [0.25, 0.3) is 0 Å². The predicted octanol–water partition coefficient (Wildman–Crippen LogP) is 2.57. The standard InChI is InChI=1S/C12H20N4OS/c1-9(2)16-10(17)14-15-11(16)18-7-5-6-12(3,4)8-13/h9H,5-7H2,1-4H3,(H,14,17). The van der Waals surface area contributed by atoms with E-state index in [2.05, 4.69) is 16.3 Å². The summed E-state index contributed by atoms with van der Waals surface area (Å²) in [4.78, 5) is 11.5. The molecule has 6 heteroatoms. The van der Waals surface area contributed by atoms with E-state index in [4.69, 9.17) is 5.26 Å². The largest absolute Gasteiger partial charge is 0.344 e. The molecule has 0 fully saturated rings. The van der Waals surface area contributed by atoms with Gasteiger partial charge in [0, 0.05) is 11.8 Å². The maximum atomic E-state index is 11.5. The molecule has 0 aromatic carbocycles. The predicted molar refractivity (Wildman–Crippen MR) is 72.6 cm³/mol. The summed E-state index contributed by atoms with van der Waals surface area (Å²) in [6.45, 7) is 7.80. The van der Waals surface area contributed by atoms with E-state index in [0.29, 0.717) is 0 Å². The molecule has 0 spiro atoms. The van der Waals surface area contributed by atoms with Gasteiger partial charge in [-0.3, -0.25) is 4.57 Å². The van der Waals surface area contributed by atoms with Gasteiger partial charge in [-0.15, -0.1) is 5.10 Å². The quantitative estimate of drug-likeness (QED) is 0.635. The zero-order chi connectivity index (χ0) is 13.8. The number of thioether (sulfide) groups is 1. The molecule has 1 aromatic heterocycles. The molecule has 0 atom stereocenters. The van der Waals surface area contributed by atoms with Crippen molar-refractivity contribution in [2.24, 2.45) is 5.41 Å². The van der Waals surface area contributed by atoms with Crippen LogP contribution < -0.4 is 5.69 Å². The van der Waals surface area contributed by atoms with Crippen molar-refractivity contribution in [3.63, 3.8) is 0 Å². The Labute approximate surface area is 112 Å². The first-order valence-corrected chi connectivity index (χ1v) is 7.07. The molecule has 0 aliphatic heterocycles. The maximum absolute atomic E-state index is 11.5. The van der Waals surface area contributed by atoms with Gasteiger partial charge in [-0.25, -0.2) is 9.89 Å². The Morgan fingerprint density at radius 3 is 2.78 bits per heavy atom. The van der Waals surface area contributed by atoms with Gasteiger partial charge in [-0.05, 0) is 40.5 Å². The van der Waals surface area contributed by atoms with E-state index in [1.54, 1.807) is 16.3 Å². The van der Waals surface area contributed by atoms with Gasteiger partial charge < -0.3 is 0 Å². The van der Waals surface area contributed by atoms with E-state index in [9.17, 15) is 4.79 Å². The highest BCUT2D eigenvalue weighted by molar-refractivity contribution is 7.99. The fraction of sp³-hybridized carbons (Fsp3) is 0.750. The fourth-order valence-corrected chi connectivity index (χ4v) is 2.60. The summed E-state index contributed by atoms with van der Waals surface area (Å²) in [5.41, 5.74) is -0.436. The third kappa shape index (κ3) is 3.91. The fourth-order valence-electron chi connectivity index (χ4n) is 1.58. The van der Waals surface area contributed by atoms with Gasteiger partial charge in [-0.1, -0.05) is 11.8 Å². The van der Waals surface area contributed by atoms with Gasteiger partial charge in [-0.2, -0.15) is 5.26 Å². The van der Waals surface area contributed by atoms with Crippen molar-refractivity contribution in [3.05, 3.63) is 10.5 Å². The van der Waals surface area contributed by atoms with Crippen LogP contribution in [0.4, 0.5) is 0 Å². The molecule has 0 unspecified atom stereocenters.